The van der Waals surface area contributed by atoms with Gasteiger partial charge in [0.05, 0.1) is 10.0 Å². The molecule has 5 heteroatoms. The van der Waals surface area contributed by atoms with Crippen molar-refractivity contribution >= 4 is 22.7 Å². The lowest BCUT2D eigenvalue weighted by molar-refractivity contribution is 0.519. The zero-order chi connectivity index (χ0) is 13.0. The van der Waals surface area contributed by atoms with Crippen LogP contribution in [0, 0.1) is 13.8 Å². The van der Waals surface area contributed by atoms with Gasteiger partial charge in [-0.25, -0.2) is 9.97 Å². The summed E-state index contributed by atoms with van der Waals surface area (Å²) >= 11 is 3.50. The van der Waals surface area contributed by atoms with Gasteiger partial charge in [-0.3, -0.25) is 0 Å². The van der Waals surface area contributed by atoms with E-state index >= 15 is 0 Å². The first-order valence-electron chi connectivity index (χ1n) is 6.22. The smallest absolute Gasteiger partial charge is 0.0943 e. The fourth-order valence-corrected chi connectivity index (χ4v) is 3.63. The predicted molar refractivity (Wildman–Crippen MR) is 78.6 cm³/mol. The Kier molecular flexibility index (Phi) is 4.86. The van der Waals surface area contributed by atoms with Crippen molar-refractivity contribution in [2.75, 3.05) is 6.54 Å². The first kappa shape index (κ1) is 13.6. The lowest BCUT2D eigenvalue weighted by atomic mass is 10.1. The maximum atomic E-state index is 4.54. The molecule has 2 aromatic heterocycles. The fourth-order valence-electron chi connectivity index (χ4n) is 1.92. The Morgan fingerprint density at radius 2 is 1.56 bits per heavy atom. The molecule has 0 unspecified atom stereocenters. The Morgan fingerprint density at radius 1 is 1.06 bits per heavy atom. The van der Waals surface area contributed by atoms with Crippen molar-refractivity contribution in [3.63, 3.8) is 0 Å². The summed E-state index contributed by atoms with van der Waals surface area (Å²) in [4.78, 5) is 9.08. The Bertz CT molecular complexity index is 448. The van der Waals surface area contributed by atoms with Crippen molar-refractivity contribution < 1.29 is 0 Å². The molecule has 0 aliphatic rings. The van der Waals surface area contributed by atoms with Crippen LogP contribution in [0.2, 0.25) is 0 Å². The molecule has 18 heavy (non-hydrogen) atoms. The Labute approximate surface area is 116 Å². The molecule has 2 aromatic rings. The number of rotatable bonds is 6. The second-order valence-electron chi connectivity index (χ2n) is 4.43. The van der Waals surface area contributed by atoms with Gasteiger partial charge in [-0.15, -0.1) is 22.7 Å². The van der Waals surface area contributed by atoms with E-state index in [2.05, 4.69) is 33.0 Å². The maximum absolute atomic E-state index is 4.54. The quantitative estimate of drug-likeness (QED) is 0.884. The third-order valence-electron chi connectivity index (χ3n) is 2.67. The molecule has 98 valence electrons. The topological polar surface area (TPSA) is 37.8 Å². The SMILES string of the molecule is CCNC(Cc1nc(C)cs1)Cc1nc(C)cs1. The molecule has 0 aromatic carbocycles. The number of nitrogens with zero attached hydrogens (tertiary/aromatic N) is 2. The minimum atomic E-state index is 0.436. The summed E-state index contributed by atoms with van der Waals surface area (Å²) in [6, 6.07) is 0.436. The van der Waals surface area contributed by atoms with E-state index in [0.29, 0.717) is 6.04 Å². The second-order valence-corrected chi connectivity index (χ2v) is 6.31. The van der Waals surface area contributed by atoms with Gasteiger partial charge in [0.2, 0.25) is 0 Å². The zero-order valence-corrected chi connectivity index (χ0v) is 12.7. The molecule has 2 rings (SSSR count). The van der Waals surface area contributed by atoms with E-state index in [-0.39, 0.29) is 0 Å². The summed E-state index contributed by atoms with van der Waals surface area (Å²) in [5.41, 5.74) is 2.24. The molecule has 2 heterocycles. The Balaban J connectivity index is 1.99. The van der Waals surface area contributed by atoms with Gasteiger partial charge in [0.1, 0.15) is 0 Å². The van der Waals surface area contributed by atoms with Crippen molar-refractivity contribution in [1.82, 2.24) is 15.3 Å². The highest BCUT2D eigenvalue weighted by molar-refractivity contribution is 7.10. The predicted octanol–water partition coefficient (Wildman–Crippen LogP) is 2.98. The normalized spacial score (nSPS) is 11.3. The highest BCUT2D eigenvalue weighted by atomic mass is 32.1. The van der Waals surface area contributed by atoms with Crippen LogP contribution in [0.5, 0.6) is 0 Å². The van der Waals surface area contributed by atoms with E-state index < -0.39 is 0 Å². The lowest BCUT2D eigenvalue weighted by Gasteiger charge is -2.15. The molecular weight excluding hydrogens is 262 g/mol. The molecule has 3 nitrogen and oxygen atoms in total. The van der Waals surface area contributed by atoms with Gasteiger partial charge in [-0.1, -0.05) is 6.92 Å². The third-order valence-corrected chi connectivity index (χ3v) is 4.65. The summed E-state index contributed by atoms with van der Waals surface area (Å²) in [5.74, 6) is 0. The minimum Gasteiger partial charge on any atom is -0.313 e. The van der Waals surface area contributed by atoms with Gasteiger partial charge in [0, 0.05) is 41.0 Å². The molecular formula is C13H19N3S2. The summed E-state index contributed by atoms with van der Waals surface area (Å²) in [5, 5.41) is 10.2. The average Bonchev–Trinajstić information content (AvgIpc) is 2.89. The number of thiazole rings is 2. The first-order chi connectivity index (χ1) is 8.67. The molecule has 0 bridgehead atoms. The van der Waals surface area contributed by atoms with Crippen molar-refractivity contribution in [2.45, 2.75) is 39.7 Å². The van der Waals surface area contributed by atoms with E-state index in [1.54, 1.807) is 22.7 Å². The number of hydrogen-bond acceptors (Lipinski definition) is 5. The number of aryl methyl sites for hydroxylation is 2. The highest BCUT2D eigenvalue weighted by Gasteiger charge is 2.13. The molecule has 1 N–H and O–H groups in total. The summed E-state index contributed by atoms with van der Waals surface area (Å²) in [7, 11) is 0. The van der Waals surface area contributed by atoms with Crippen LogP contribution in [0.15, 0.2) is 10.8 Å². The van der Waals surface area contributed by atoms with Gasteiger partial charge < -0.3 is 5.32 Å². The van der Waals surface area contributed by atoms with Crippen LogP contribution in [0.4, 0.5) is 0 Å². The maximum Gasteiger partial charge on any atom is 0.0943 e. The van der Waals surface area contributed by atoms with Gasteiger partial charge in [0.15, 0.2) is 0 Å². The number of likely N-dealkylation sites (N-methyl/N-ethyl adjacent to an activating group) is 1. The van der Waals surface area contributed by atoms with Crippen molar-refractivity contribution in [2.24, 2.45) is 0 Å². The molecule has 0 spiro atoms. The van der Waals surface area contributed by atoms with Crippen molar-refractivity contribution in [3.8, 4) is 0 Å². The molecule has 0 fully saturated rings. The highest BCUT2D eigenvalue weighted by Crippen LogP contribution is 2.16. The molecule has 0 aliphatic carbocycles. The Hall–Kier alpha value is -0.780. The van der Waals surface area contributed by atoms with Crippen LogP contribution in [0.25, 0.3) is 0 Å². The van der Waals surface area contributed by atoms with E-state index in [4.69, 9.17) is 0 Å². The van der Waals surface area contributed by atoms with Crippen LogP contribution in [0.3, 0.4) is 0 Å². The van der Waals surface area contributed by atoms with Crippen LogP contribution >= 0.6 is 22.7 Å². The standard InChI is InChI=1S/C13H19N3S2/c1-4-14-11(5-12-15-9(2)7-17-12)6-13-16-10(3)8-18-13/h7-8,11,14H,4-6H2,1-3H3. The molecule has 0 amide bonds. The van der Waals surface area contributed by atoms with Crippen molar-refractivity contribution in [1.29, 1.82) is 0 Å². The second kappa shape index (κ2) is 6.41. The first-order valence-corrected chi connectivity index (χ1v) is 7.98. The van der Waals surface area contributed by atoms with E-state index in [1.807, 2.05) is 13.8 Å². The monoisotopic (exact) mass is 281 g/mol. The minimum absolute atomic E-state index is 0.436. The van der Waals surface area contributed by atoms with E-state index in [1.165, 1.54) is 10.0 Å². The molecule has 0 saturated heterocycles. The zero-order valence-electron chi connectivity index (χ0n) is 11.1. The van der Waals surface area contributed by atoms with Crippen molar-refractivity contribution in [3.05, 3.63) is 32.2 Å². The van der Waals surface area contributed by atoms with Gasteiger partial charge >= 0.3 is 0 Å². The van der Waals surface area contributed by atoms with Crippen LogP contribution in [-0.4, -0.2) is 22.6 Å². The molecule has 0 radical (unpaired) electrons. The van der Waals surface area contributed by atoms with Gasteiger partial charge in [-0.2, -0.15) is 0 Å². The third kappa shape index (κ3) is 3.86. The largest absolute Gasteiger partial charge is 0.313 e. The molecule has 0 aliphatic heterocycles. The molecule has 0 atom stereocenters. The summed E-state index contributed by atoms with van der Waals surface area (Å²) < 4.78 is 0. The number of aromatic nitrogens is 2. The summed E-state index contributed by atoms with van der Waals surface area (Å²) in [6.45, 7) is 7.23. The van der Waals surface area contributed by atoms with Crippen LogP contribution in [0.1, 0.15) is 28.3 Å². The fraction of sp³-hybridized carbons (Fsp3) is 0.538. The molecule has 0 saturated carbocycles. The average molecular weight is 281 g/mol. The summed E-state index contributed by atoms with van der Waals surface area (Å²) in [6.07, 6.45) is 1.98. The van der Waals surface area contributed by atoms with Crippen LogP contribution < -0.4 is 5.32 Å². The Morgan fingerprint density at radius 3 is 1.89 bits per heavy atom. The number of nitrogens with one attached hydrogen (secondary N) is 1. The van der Waals surface area contributed by atoms with Crippen LogP contribution in [-0.2, 0) is 12.8 Å². The lowest BCUT2D eigenvalue weighted by Crippen LogP contribution is -2.33. The van der Waals surface area contributed by atoms with E-state index in [9.17, 15) is 0 Å². The number of hydrogen-bond donors (Lipinski definition) is 1. The van der Waals surface area contributed by atoms with Gasteiger partial charge in [0.25, 0.3) is 0 Å². The van der Waals surface area contributed by atoms with E-state index in [0.717, 1.165) is 30.8 Å². The van der Waals surface area contributed by atoms with Gasteiger partial charge in [-0.05, 0) is 20.4 Å².